The quantitative estimate of drug-likeness (QED) is 0.398. The second-order valence-corrected chi connectivity index (χ2v) is 2.95. The van der Waals surface area contributed by atoms with Gasteiger partial charge in [0.05, 0.1) is 12.3 Å². The molecule has 1 N–H and O–H groups in total. The van der Waals surface area contributed by atoms with Crippen LogP contribution in [0.3, 0.4) is 0 Å². The summed E-state index contributed by atoms with van der Waals surface area (Å²) in [6.45, 7) is -0.991. The Morgan fingerprint density at radius 1 is 1.13 bits per heavy atom. The van der Waals surface area contributed by atoms with Crippen molar-refractivity contribution in [2.45, 2.75) is 24.4 Å². The van der Waals surface area contributed by atoms with Crippen molar-refractivity contribution >= 4 is 5.71 Å². The highest BCUT2D eigenvalue weighted by Crippen LogP contribution is 2.50. The zero-order valence-electron chi connectivity index (χ0n) is 6.98. The number of hydrogen-bond acceptors (Lipinski definition) is 3. The van der Waals surface area contributed by atoms with Crippen molar-refractivity contribution in [1.82, 2.24) is 0 Å². The molecule has 9 heteroatoms. The predicted molar refractivity (Wildman–Crippen MR) is 34.6 cm³/mol. The summed E-state index contributed by atoms with van der Waals surface area (Å²) in [6.07, 6.45) is -12.7. The lowest BCUT2D eigenvalue weighted by molar-refractivity contribution is -0.367. The Kier molecular flexibility index (Phi) is 2.62. The van der Waals surface area contributed by atoms with Gasteiger partial charge in [-0.25, -0.2) is 0 Å². The van der Waals surface area contributed by atoms with Gasteiger partial charge < -0.3 is 9.94 Å². The molecule has 1 saturated heterocycles. The highest BCUT2D eigenvalue weighted by molar-refractivity contribution is 5.88. The van der Waals surface area contributed by atoms with Crippen LogP contribution >= 0.6 is 0 Å². The van der Waals surface area contributed by atoms with Gasteiger partial charge in [0.15, 0.2) is 0 Å². The molecule has 0 spiro atoms. The van der Waals surface area contributed by atoms with E-state index in [1.165, 1.54) is 0 Å². The lowest BCUT2D eigenvalue weighted by Gasteiger charge is -2.31. The molecule has 0 unspecified atom stereocenters. The molecular weight excluding hydrogens is 232 g/mol. The lowest BCUT2D eigenvalue weighted by Crippen LogP contribution is -2.56. The van der Waals surface area contributed by atoms with E-state index in [0.717, 1.165) is 0 Å². The van der Waals surface area contributed by atoms with Crippen molar-refractivity contribution in [3.63, 3.8) is 0 Å². The smallest absolute Gasteiger partial charge is 0.411 e. The Balaban J connectivity index is 3.13. The van der Waals surface area contributed by atoms with Crippen LogP contribution in [0.4, 0.5) is 26.3 Å². The van der Waals surface area contributed by atoms with Crippen LogP contribution in [0, 0.1) is 0 Å². The molecule has 0 saturated carbocycles. The first-order valence-electron chi connectivity index (χ1n) is 3.61. The summed E-state index contributed by atoms with van der Waals surface area (Å²) in [6, 6.07) is 0. The molecule has 0 amide bonds. The molecule has 0 aromatic rings. The summed E-state index contributed by atoms with van der Waals surface area (Å²) in [5.41, 5.74) is -4.94. The SMILES string of the molecule is O/N=C1/COC(C(F)(F)F)(C(F)(F)F)C1. The van der Waals surface area contributed by atoms with Crippen LogP contribution in [0.1, 0.15) is 6.42 Å². The standard InChI is InChI=1S/C6H5F6NO2/c7-5(8,9)4(6(10,11)12)1-3(13-14)2-15-4/h14H,1-2H2/b13-3+. The van der Waals surface area contributed by atoms with Gasteiger partial charge >= 0.3 is 12.4 Å². The van der Waals surface area contributed by atoms with E-state index in [1.54, 1.807) is 0 Å². The molecule has 1 heterocycles. The second-order valence-electron chi connectivity index (χ2n) is 2.95. The monoisotopic (exact) mass is 237 g/mol. The van der Waals surface area contributed by atoms with Crippen LogP contribution in [0.5, 0.6) is 0 Å². The minimum absolute atomic E-state index is 0.690. The second kappa shape index (κ2) is 3.26. The molecule has 0 aromatic heterocycles. The fourth-order valence-corrected chi connectivity index (χ4v) is 1.18. The van der Waals surface area contributed by atoms with E-state index in [0.29, 0.717) is 0 Å². The van der Waals surface area contributed by atoms with Crippen molar-refractivity contribution in [3.05, 3.63) is 0 Å². The van der Waals surface area contributed by atoms with Gasteiger partial charge in [0.1, 0.15) is 0 Å². The van der Waals surface area contributed by atoms with Gasteiger partial charge in [-0.1, -0.05) is 5.16 Å². The summed E-state index contributed by atoms with van der Waals surface area (Å²) in [5.74, 6) is 0. The number of rotatable bonds is 0. The fraction of sp³-hybridized carbons (Fsp3) is 0.833. The molecule has 88 valence electrons. The number of ether oxygens (including phenoxy) is 1. The van der Waals surface area contributed by atoms with E-state index in [2.05, 4.69) is 9.89 Å². The Bertz CT molecular complexity index is 266. The van der Waals surface area contributed by atoms with Crippen LogP contribution in [-0.4, -0.2) is 35.5 Å². The van der Waals surface area contributed by atoms with Gasteiger partial charge in [0.2, 0.25) is 0 Å². The summed E-state index contributed by atoms with van der Waals surface area (Å²) in [7, 11) is 0. The van der Waals surface area contributed by atoms with Crippen molar-refractivity contribution in [1.29, 1.82) is 0 Å². The van der Waals surface area contributed by atoms with Crippen molar-refractivity contribution in [3.8, 4) is 0 Å². The molecule has 1 fully saturated rings. The van der Waals surface area contributed by atoms with Crippen LogP contribution in [0.15, 0.2) is 5.16 Å². The predicted octanol–water partition coefficient (Wildman–Crippen LogP) is 2.10. The summed E-state index contributed by atoms with van der Waals surface area (Å²) >= 11 is 0. The summed E-state index contributed by atoms with van der Waals surface area (Å²) in [4.78, 5) is 0. The first kappa shape index (κ1) is 12.1. The van der Waals surface area contributed by atoms with Gasteiger partial charge in [0.25, 0.3) is 5.60 Å². The lowest BCUT2D eigenvalue weighted by atomic mass is 9.98. The van der Waals surface area contributed by atoms with E-state index in [-0.39, 0.29) is 0 Å². The third-order valence-electron chi connectivity index (χ3n) is 2.00. The van der Waals surface area contributed by atoms with Gasteiger partial charge in [0, 0.05) is 6.42 Å². The molecule has 1 aliphatic rings. The number of oxime groups is 1. The molecule has 3 nitrogen and oxygen atoms in total. The van der Waals surface area contributed by atoms with Crippen LogP contribution < -0.4 is 0 Å². The van der Waals surface area contributed by atoms with E-state index in [4.69, 9.17) is 5.21 Å². The third kappa shape index (κ3) is 1.75. The summed E-state index contributed by atoms with van der Waals surface area (Å²) < 4.78 is 77.2. The average molecular weight is 237 g/mol. The number of hydrogen-bond donors (Lipinski definition) is 1. The maximum absolute atomic E-state index is 12.2. The zero-order valence-corrected chi connectivity index (χ0v) is 6.98. The maximum Gasteiger partial charge on any atom is 0.426 e. The van der Waals surface area contributed by atoms with Gasteiger partial charge in [-0.2, -0.15) is 26.3 Å². The van der Waals surface area contributed by atoms with Crippen LogP contribution in [0.25, 0.3) is 0 Å². The molecule has 0 bridgehead atoms. The molecule has 0 aromatic carbocycles. The van der Waals surface area contributed by atoms with Crippen molar-refractivity contribution in [2.24, 2.45) is 5.16 Å². The number of halogens is 6. The molecule has 0 radical (unpaired) electrons. The van der Waals surface area contributed by atoms with Gasteiger partial charge in [-0.05, 0) is 0 Å². The van der Waals surface area contributed by atoms with Crippen molar-refractivity contribution < 1.29 is 36.3 Å². The molecule has 0 atom stereocenters. The molecule has 0 aliphatic carbocycles. The molecular formula is C6H5F6NO2. The van der Waals surface area contributed by atoms with E-state index >= 15 is 0 Å². The number of nitrogens with zero attached hydrogens (tertiary/aromatic N) is 1. The van der Waals surface area contributed by atoms with Crippen LogP contribution in [0.2, 0.25) is 0 Å². The van der Waals surface area contributed by atoms with E-state index in [1.807, 2.05) is 0 Å². The topological polar surface area (TPSA) is 41.8 Å². The maximum atomic E-state index is 12.2. The fourth-order valence-electron chi connectivity index (χ4n) is 1.18. The minimum atomic E-state index is -5.60. The Hall–Kier alpha value is -0.990. The number of alkyl halides is 6. The minimum Gasteiger partial charge on any atom is -0.411 e. The first-order chi connectivity index (χ1) is 6.64. The summed E-state index contributed by atoms with van der Waals surface area (Å²) in [5, 5.41) is 10.4. The van der Waals surface area contributed by atoms with Gasteiger partial charge in [-0.15, -0.1) is 0 Å². The van der Waals surface area contributed by atoms with Crippen LogP contribution in [-0.2, 0) is 4.74 Å². The van der Waals surface area contributed by atoms with E-state index < -0.39 is 36.7 Å². The first-order valence-corrected chi connectivity index (χ1v) is 3.61. The molecule has 1 rings (SSSR count). The average Bonchev–Trinajstić information content (AvgIpc) is 2.45. The van der Waals surface area contributed by atoms with Crippen molar-refractivity contribution in [2.75, 3.05) is 6.61 Å². The normalized spacial score (nSPS) is 24.8. The third-order valence-corrected chi connectivity index (χ3v) is 2.00. The Morgan fingerprint density at radius 2 is 1.60 bits per heavy atom. The highest BCUT2D eigenvalue weighted by Gasteiger charge is 2.74. The Labute approximate surface area is 79.3 Å². The molecule has 1 aliphatic heterocycles. The molecule has 15 heavy (non-hydrogen) atoms. The highest BCUT2D eigenvalue weighted by atomic mass is 19.4. The zero-order chi connectivity index (χ0) is 11.9. The largest absolute Gasteiger partial charge is 0.426 e. The van der Waals surface area contributed by atoms with E-state index in [9.17, 15) is 26.3 Å². The Morgan fingerprint density at radius 3 is 1.80 bits per heavy atom. The van der Waals surface area contributed by atoms with Gasteiger partial charge in [-0.3, -0.25) is 0 Å².